The fraction of sp³-hybridized carbons (Fsp3) is 0.182. The lowest BCUT2D eigenvalue weighted by Crippen LogP contribution is -2.11. The van der Waals surface area contributed by atoms with E-state index in [1.807, 2.05) is 30.3 Å². The molecule has 0 fully saturated rings. The van der Waals surface area contributed by atoms with Gasteiger partial charge in [-0.25, -0.2) is 0 Å². The van der Waals surface area contributed by atoms with E-state index in [0.717, 1.165) is 5.56 Å². The van der Waals surface area contributed by atoms with Crippen LogP contribution in [0.5, 0.6) is 0 Å². The summed E-state index contributed by atoms with van der Waals surface area (Å²) in [7, 11) is 0. The van der Waals surface area contributed by atoms with Gasteiger partial charge in [0.15, 0.2) is 5.82 Å². The zero-order chi connectivity index (χ0) is 12.5. The van der Waals surface area contributed by atoms with Crippen molar-refractivity contribution in [1.82, 2.24) is 19.8 Å². The molecule has 0 radical (unpaired) electrons. The Bertz CT molecular complexity index is 662. The number of fused-ring (bicyclic) bond motifs is 1. The van der Waals surface area contributed by atoms with Crippen LogP contribution in [0.3, 0.4) is 0 Å². The van der Waals surface area contributed by atoms with Crippen molar-refractivity contribution in [2.24, 2.45) is 5.73 Å². The van der Waals surface area contributed by atoms with Gasteiger partial charge in [-0.3, -0.25) is 0 Å². The van der Waals surface area contributed by atoms with Gasteiger partial charge < -0.3 is 10.8 Å². The first-order chi connectivity index (χ1) is 8.79. The first kappa shape index (κ1) is 11.3. The summed E-state index contributed by atoms with van der Waals surface area (Å²) < 4.78 is 1.63. The molecule has 3 aromatic rings. The quantitative estimate of drug-likeness (QED) is 0.729. The smallest absolute Gasteiger partial charge is 0.235 e. The van der Waals surface area contributed by atoms with Crippen LogP contribution in [-0.2, 0) is 0 Å². The second-order valence-corrected chi connectivity index (χ2v) is 4.76. The van der Waals surface area contributed by atoms with Crippen molar-refractivity contribution >= 4 is 16.3 Å². The van der Waals surface area contributed by atoms with E-state index in [0.29, 0.717) is 15.8 Å². The molecule has 7 heteroatoms. The average molecular weight is 261 g/mol. The first-order valence-corrected chi connectivity index (χ1v) is 6.27. The molecule has 0 amide bonds. The molecule has 92 valence electrons. The summed E-state index contributed by atoms with van der Waals surface area (Å²) in [6.07, 6.45) is -0.750. The molecule has 1 unspecified atom stereocenters. The predicted octanol–water partition coefficient (Wildman–Crippen LogP) is 0.845. The second-order valence-electron chi connectivity index (χ2n) is 3.78. The predicted molar refractivity (Wildman–Crippen MR) is 68.1 cm³/mol. The summed E-state index contributed by atoms with van der Waals surface area (Å²) in [5.74, 6) is 0.664. The van der Waals surface area contributed by atoms with E-state index in [1.54, 1.807) is 4.52 Å². The van der Waals surface area contributed by atoms with Gasteiger partial charge >= 0.3 is 0 Å². The number of aliphatic hydroxyl groups excluding tert-OH is 1. The molecule has 3 rings (SSSR count). The van der Waals surface area contributed by atoms with Gasteiger partial charge in [-0.15, -0.1) is 10.2 Å². The number of hydrogen-bond donors (Lipinski definition) is 2. The number of aromatic nitrogens is 4. The SMILES string of the molecule is NCC(O)c1nn2c(-c3ccccc3)nnc2s1. The molecule has 0 aliphatic rings. The van der Waals surface area contributed by atoms with Crippen LogP contribution in [-0.4, -0.2) is 31.5 Å². The van der Waals surface area contributed by atoms with Gasteiger partial charge in [-0.05, 0) is 0 Å². The van der Waals surface area contributed by atoms with Gasteiger partial charge in [-0.1, -0.05) is 41.7 Å². The molecule has 0 saturated carbocycles. The van der Waals surface area contributed by atoms with E-state index in [2.05, 4.69) is 15.3 Å². The standard InChI is InChI=1S/C11H11N5OS/c12-6-8(17)10-15-16-9(13-14-11(16)18-10)7-4-2-1-3-5-7/h1-5,8,17H,6,12H2. The number of rotatable bonds is 3. The largest absolute Gasteiger partial charge is 0.385 e. The number of nitrogens with two attached hydrogens (primary N) is 1. The lowest BCUT2D eigenvalue weighted by molar-refractivity contribution is 0.185. The highest BCUT2D eigenvalue weighted by Gasteiger charge is 2.16. The van der Waals surface area contributed by atoms with Gasteiger partial charge in [-0.2, -0.15) is 9.61 Å². The van der Waals surface area contributed by atoms with Crippen LogP contribution in [0.15, 0.2) is 30.3 Å². The third-order valence-corrected chi connectivity index (χ3v) is 3.55. The Hall–Kier alpha value is -1.83. The zero-order valence-corrected chi connectivity index (χ0v) is 10.2. The summed E-state index contributed by atoms with van der Waals surface area (Å²) in [6.45, 7) is 0.144. The lowest BCUT2D eigenvalue weighted by Gasteiger charge is -2.00. The van der Waals surface area contributed by atoms with Crippen LogP contribution in [0.1, 0.15) is 11.1 Å². The molecular weight excluding hydrogens is 250 g/mol. The zero-order valence-electron chi connectivity index (χ0n) is 9.39. The minimum absolute atomic E-state index is 0.144. The lowest BCUT2D eigenvalue weighted by atomic mass is 10.2. The van der Waals surface area contributed by atoms with Gasteiger partial charge in [0.05, 0.1) is 0 Å². The molecule has 0 aliphatic heterocycles. The molecule has 2 aromatic heterocycles. The Morgan fingerprint density at radius 1 is 1.28 bits per heavy atom. The second kappa shape index (κ2) is 4.45. The Morgan fingerprint density at radius 3 is 2.78 bits per heavy atom. The van der Waals surface area contributed by atoms with Gasteiger partial charge in [0, 0.05) is 12.1 Å². The Kier molecular flexibility index (Phi) is 2.78. The van der Waals surface area contributed by atoms with E-state index < -0.39 is 6.10 Å². The minimum atomic E-state index is -0.750. The maximum Gasteiger partial charge on any atom is 0.235 e. The molecule has 0 saturated heterocycles. The van der Waals surface area contributed by atoms with Crippen molar-refractivity contribution in [2.75, 3.05) is 6.54 Å². The van der Waals surface area contributed by atoms with Crippen molar-refractivity contribution in [1.29, 1.82) is 0 Å². The Labute approximate surface area is 107 Å². The van der Waals surface area contributed by atoms with Crippen molar-refractivity contribution < 1.29 is 5.11 Å². The summed E-state index contributed by atoms with van der Waals surface area (Å²) in [5, 5.41) is 22.7. The average Bonchev–Trinajstić information content (AvgIpc) is 2.98. The highest BCUT2D eigenvalue weighted by Crippen LogP contribution is 2.24. The van der Waals surface area contributed by atoms with Crippen LogP contribution in [0.2, 0.25) is 0 Å². The highest BCUT2D eigenvalue weighted by atomic mass is 32.1. The van der Waals surface area contributed by atoms with E-state index in [9.17, 15) is 5.11 Å². The van der Waals surface area contributed by atoms with E-state index in [1.165, 1.54) is 11.3 Å². The van der Waals surface area contributed by atoms with Crippen LogP contribution >= 0.6 is 11.3 Å². The van der Waals surface area contributed by atoms with E-state index >= 15 is 0 Å². The summed E-state index contributed by atoms with van der Waals surface area (Å²) >= 11 is 1.29. The minimum Gasteiger partial charge on any atom is -0.385 e. The van der Waals surface area contributed by atoms with Gasteiger partial charge in [0.2, 0.25) is 4.96 Å². The molecule has 0 aliphatic carbocycles. The maximum atomic E-state index is 9.67. The van der Waals surface area contributed by atoms with Crippen molar-refractivity contribution in [3.05, 3.63) is 35.3 Å². The number of aliphatic hydroxyl groups is 1. The summed E-state index contributed by atoms with van der Waals surface area (Å²) in [6, 6.07) is 9.67. The molecule has 2 heterocycles. The molecule has 1 aromatic carbocycles. The third kappa shape index (κ3) is 1.78. The van der Waals surface area contributed by atoms with Crippen molar-refractivity contribution in [3.8, 4) is 11.4 Å². The molecule has 6 nitrogen and oxygen atoms in total. The topological polar surface area (TPSA) is 89.3 Å². The molecule has 1 atom stereocenters. The molecular formula is C11H11N5OS. The summed E-state index contributed by atoms with van der Waals surface area (Å²) in [5.41, 5.74) is 6.35. The van der Waals surface area contributed by atoms with Crippen molar-refractivity contribution in [2.45, 2.75) is 6.10 Å². The van der Waals surface area contributed by atoms with E-state index in [-0.39, 0.29) is 6.54 Å². The van der Waals surface area contributed by atoms with Crippen LogP contribution in [0.4, 0.5) is 0 Å². The van der Waals surface area contributed by atoms with Crippen molar-refractivity contribution in [3.63, 3.8) is 0 Å². The van der Waals surface area contributed by atoms with Crippen LogP contribution < -0.4 is 5.73 Å². The summed E-state index contributed by atoms with van der Waals surface area (Å²) in [4.78, 5) is 0.649. The maximum absolute atomic E-state index is 9.67. The third-order valence-electron chi connectivity index (χ3n) is 2.55. The first-order valence-electron chi connectivity index (χ1n) is 5.45. The Morgan fingerprint density at radius 2 is 2.06 bits per heavy atom. The highest BCUT2D eigenvalue weighted by molar-refractivity contribution is 7.16. The molecule has 0 spiro atoms. The fourth-order valence-electron chi connectivity index (χ4n) is 1.63. The number of hydrogen-bond acceptors (Lipinski definition) is 6. The number of benzene rings is 1. The monoisotopic (exact) mass is 261 g/mol. The molecule has 3 N–H and O–H groups in total. The Balaban J connectivity index is 2.11. The number of nitrogens with zero attached hydrogens (tertiary/aromatic N) is 4. The van der Waals surface area contributed by atoms with Gasteiger partial charge in [0.25, 0.3) is 0 Å². The normalized spacial score (nSPS) is 13.0. The molecule has 18 heavy (non-hydrogen) atoms. The fourth-order valence-corrected chi connectivity index (χ4v) is 2.47. The molecule has 0 bridgehead atoms. The van der Waals surface area contributed by atoms with E-state index in [4.69, 9.17) is 5.73 Å². The van der Waals surface area contributed by atoms with Crippen LogP contribution in [0.25, 0.3) is 16.3 Å². The van der Waals surface area contributed by atoms with Gasteiger partial charge in [0.1, 0.15) is 11.1 Å². The van der Waals surface area contributed by atoms with Crippen LogP contribution in [0, 0.1) is 0 Å².